The number of benzene rings is 2. The van der Waals surface area contributed by atoms with Crippen LogP contribution in [0.3, 0.4) is 0 Å². The molecule has 0 bridgehead atoms. The Morgan fingerprint density at radius 3 is 2.76 bits per heavy atom. The van der Waals surface area contributed by atoms with E-state index in [-0.39, 0.29) is 11.9 Å². The van der Waals surface area contributed by atoms with E-state index in [4.69, 9.17) is 4.98 Å². The number of nitrogens with zero attached hydrogens (tertiary/aromatic N) is 3. The van der Waals surface area contributed by atoms with E-state index in [1.165, 1.54) is 17.3 Å². The minimum absolute atomic E-state index is 0.0870. The summed E-state index contributed by atoms with van der Waals surface area (Å²) in [6, 6.07) is 19.3. The summed E-state index contributed by atoms with van der Waals surface area (Å²) in [4.78, 5) is 19.7. The molecule has 1 N–H and O–H groups in total. The van der Waals surface area contributed by atoms with Crippen LogP contribution >= 0.6 is 11.8 Å². The third-order valence-corrected chi connectivity index (χ3v) is 6.66. The number of fused-ring (bicyclic) bond motifs is 1. The van der Waals surface area contributed by atoms with Crippen LogP contribution in [-0.4, -0.2) is 45.2 Å². The Morgan fingerprint density at radius 2 is 1.97 bits per heavy atom. The number of rotatable bonds is 7. The van der Waals surface area contributed by atoms with Gasteiger partial charge in [-0.25, -0.2) is 4.98 Å². The van der Waals surface area contributed by atoms with Crippen LogP contribution in [0.4, 0.5) is 0 Å². The van der Waals surface area contributed by atoms with Crippen molar-refractivity contribution in [3.05, 3.63) is 60.2 Å². The summed E-state index contributed by atoms with van der Waals surface area (Å²) < 4.78 is 2.17. The van der Waals surface area contributed by atoms with Gasteiger partial charge >= 0.3 is 0 Å². The first-order chi connectivity index (χ1) is 14.2. The van der Waals surface area contributed by atoms with Crippen molar-refractivity contribution >= 4 is 28.7 Å². The van der Waals surface area contributed by atoms with Gasteiger partial charge in [-0.05, 0) is 38.0 Å². The maximum atomic E-state index is 12.5. The lowest BCUT2D eigenvalue weighted by Crippen LogP contribution is -2.38. The summed E-state index contributed by atoms with van der Waals surface area (Å²) in [7, 11) is 0. The molecule has 4 rings (SSSR count). The number of carbonyl (C=O) groups excluding carboxylic acids is 1. The number of amides is 1. The van der Waals surface area contributed by atoms with Crippen molar-refractivity contribution in [2.75, 3.05) is 18.8 Å². The number of nitrogens with one attached hydrogen (secondary N) is 1. The highest BCUT2D eigenvalue weighted by Gasteiger charge is 2.27. The number of imidazole rings is 1. The van der Waals surface area contributed by atoms with Gasteiger partial charge in [0, 0.05) is 31.7 Å². The molecule has 152 valence electrons. The fraction of sp³-hybridized carbons (Fsp3) is 0.391. The van der Waals surface area contributed by atoms with Crippen molar-refractivity contribution in [2.45, 2.75) is 44.1 Å². The summed E-state index contributed by atoms with van der Waals surface area (Å²) in [5.41, 5.74) is 3.44. The molecule has 1 amide bonds. The minimum Gasteiger partial charge on any atom is -0.351 e. The second kappa shape index (κ2) is 9.01. The molecule has 1 aliphatic rings. The number of carbonyl (C=O) groups is 1. The largest absolute Gasteiger partial charge is 0.351 e. The van der Waals surface area contributed by atoms with E-state index in [1.54, 1.807) is 0 Å². The molecule has 0 saturated carbocycles. The lowest BCUT2D eigenvalue weighted by atomic mass is 10.1. The zero-order valence-electron chi connectivity index (χ0n) is 17.0. The molecule has 1 aromatic heterocycles. The normalized spacial score (nSPS) is 18.2. The fourth-order valence-electron chi connectivity index (χ4n) is 4.07. The van der Waals surface area contributed by atoms with Crippen LogP contribution in [0.25, 0.3) is 11.0 Å². The van der Waals surface area contributed by atoms with E-state index < -0.39 is 0 Å². The van der Waals surface area contributed by atoms with Crippen LogP contribution < -0.4 is 5.32 Å². The molecular weight excluding hydrogens is 380 g/mol. The van der Waals surface area contributed by atoms with Crippen LogP contribution in [0.5, 0.6) is 0 Å². The Balaban J connectivity index is 1.31. The lowest BCUT2D eigenvalue weighted by Gasteiger charge is -2.24. The van der Waals surface area contributed by atoms with Gasteiger partial charge in [0.1, 0.15) is 0 Å². The summed E-state index contributed by atoms with van der Waals surface area (Å²) >= 11 is 1.52. The predicted molar refractivity (Wildman–Crippen MR) is 119 cm³/mol. The molecule has 1 saturated heterocycles. The molecule has 0 aliphatic carbocycles. The first kappa shape index (κ1) is 20.0. The number of hydrogen-bond donors (Lipinski definition) is 1. The van der Waals surface area contributed by atoms with Gasteiger partial charge in [-0.2, -0.15) is 0 Å². The molecule has 2 atom stereocenters. The Hall–Kier alpha value is -2.31. The van der Waals surface area contributed by atoms with Crippen LogP contribution in [0, 0.1) is 0 Å². The van der Waals surface area contributed by atoms with Gasteiger partial charge in [0.2, 0.25) is 5.91 Å². The average molecular weight is 409 g/mol. The number of likely N-dealkylation sites (tertiary alicyclic amines) is 1. The highest BCUT2D eigenvalue weighted by atomic mass is 32.2. The molecule has 2 unspecified atom stereocenters. The SMILES string of the molecule is CCn1c(SCC(=O)NC2CCN(C(C)c3ccccc3)C2)nc2ccccc21. The Labute approximate surface area is 176 Å². The number of aryl methyl sites for hydroxylation is 1. The first-order valence-electron chi connectivity index (χ1n) is 10.3. The van der Waals surface area contributed by atoms with Gasteiger partial charge in [-0.3, -0.25) is 9.69 Å². The van der Waals surface area contributed by atoms with Crippen LogP contribution in [0.15, 0.2) is 59.8 Å². The van der Waals surface area contributed by atoms with Crippen LogP contribution in [0.2, 0.25) is 0 Å². The van der Waals surface area contributed by atoms with Crippen molar-refractivity contribution in [3.8, 4) is 0 Å². The monoisotopic (exact) mass is 408 g/mol. The molecule has 1 aliphatic heterocycles. The van der Waals surface area contributed by atoms with Gasteiger partial charge in [0.25, 0.3) is 0 Å². The summed E-state index contributed by atoms with van der Waals surface area (Å²) in [6.45, 7) is 7.11. The van der Waals surface area contributed by atoms with Crippen molar-refractivity contribution in [2.24, 2.45) is 0 Å². The van der Waals surface area contributed by atoms with Crippen LogP contribution in [-0.2, 0) is 11.3 Å². The van der Waals surface area contributed by atoms with Crippen molar-refractivity contribution < 1.29 is 4.79 Å². The predicted octanol–water partition coefficient (Wildman–Crippen LogP) is 4.10. The maximum absolute atomic E-state index is 12.5. The zero-order valence-corrected chi connectivity index (χ0v) is 17.9. The fourth-order valence-corrected chi connectivity index (χ4v) is 4.96. The molecule has 1 fully saturated rings. The van der Waals surface area contributed by atoms with Gasteiger partial charge in [-0.1, -0.05) is 54.2 Å². The molecule has 5 nitrogen and oxygen atoms in total. The van der Waals surface area contributed by atoms with Gasteiger partial charge < -0.3 is 9.88 Å². The van der Waals surface area contributed by atoms with Crippen molar-refractivity contribution in [3.63, 3.8) is 0 Å². The van der Waals surface area contributed by atoms with Gasteiger partial charge in [0.15, 0.2) is 5.16 Å². The van der Waals surface area contributed by atoms with E-state index in [9.17, 15) is 4.79 Å². The second-order valence-corrected chi connectivity index (χ2v) is 8.49. The van der Waals surface area contributed by atoms with E-state index >= 15 is 0 Å². The number of thioether (sulfide) groups is 1. The summed E-state index contributed by atoms with van der Waals surface area (Å²) in [5.74, 6) is 0.484. The quantitative estimate of drug-likeness (QED) is 0.598. The van der Waals surface area contributed by atoms with Crippen molar-refractivity contribution in [1.82, 2.24) is 19.8 Å². The third-order valence-electron chi connectivity index (χ3n) is 5.68. The molecule has 2 heterocycles. The van der Waals surface area contributed by atoms with Gasteiger partial charge in [-0.15, -0.1) is 0 Å². The number of hydrogen-bond acceptors (Lipinski definition) is 4. The third kappa shape index (κ3) is 4.49. The number of aromatic nitrogens is 2. The molecule has 0 spiro atoms. The van der Waals surface area contributed by atoms with E-state index in [2.05, 4.69) is 59.0 Å². The molecule has 0 radical (unpaired) electrons. The molecular formula is C23H28N4OS. The Morgan fingerprint density at radius 1 is 1.21 bits per heavy atom. The van der Waals surface area contributed by atoms with Gasteiger partial charge in [0.05, 0.1) is 16.8 Å². The Bertz CT molecular complexity index is 971. The topological polar surface area (TPSA) is 50.2 Å². The maximum Gasteiger partial charge on any atom is 0.230 e. The van der Waals surface area contributed by atoms with E-state index in [0.29, 0.717) is 11.8 Å². The molecule has 6 heteroatoms. The molecule has 2 aromatic carbocycles. The first-order valence-corrected chi connectivity index (χ1v) is 11.3. The highest BCUT2D eigenvalue weighted by molar-refractivity contribution is 7.99. The van der Waals surface area contributed by atoms with E-state index in [0.717, 1.165) is 42.2 Å². The lowest BCUT2D eigenvalue weighted by molar-refractivity contribution is -0.119. The molecule has 3 aromatic rings. The minimum atomic E-state index is 0.0870. The second-order valence-electron chi connectivity index (χ2n) is 7.55. The highest BCUT2D eigenvalue weighted by Crippen LogP contribution is 2.26. The summed E-state index contributed by atoms with van der Waals surface area (Å²) in [5, 5.41) is 4.13. The van der Waals surface area contributed by atoms with Crippen molar-refractivity contribution in [1.29, 1.82) is 0 Å². The molecule has 29 heavy (non-hydrogen) atoms. The average Bonchev–Trinajstić information content (AvgIpc) is 3.36. The smallest absolute Gasteiger partial charge is 0.230 e. The Kier molecular flexibility index (Phi) is 6.21. The van der Waals surface area contributed by atoms with E-state index in [1.807, 2.05) is 24.3 Å². The standard InChI is InChI=1S/C23H28N4OS/c1-3-27-21-12-8-7-11-20(21)25-23(27)29-16-22(28)24-19-13-14-26(15-19)17(2)18-9-5-4-6-10-18/h4-12,17,19H,3,13-16H2,1-2H3,(H,24,28). The summed E-state index contributed by atoms with van der Waals surface area (Å²) in [6.07, 6.45) is 1.00. The van der Waals surface area contributed by atoms with Crippen LogP contribution in [0.1, 0.15) is 31.9 Å². The number of para-hydroxylation sites is 2. The zero-order chi connectivity index (χ0) is 20.2.